The standard InChI is InChI=1S/C15H18BrFN2O3S/c16-14-9-11(17)1-2-13(14)15(20)19-6-4-18(5-7-19)12-3-8-23(21,22)10-12/h1-2,9,12H,3-8,10H2/p+1/t12-/m1/s1. The van der Waals surface area contributed by atoms with Gasteiger partial charge in [0.2, 0.25) is 0 Å². The van der Waals surface area contributed by atoms with Crippen molar-refractivity contribution in [1.29, 1.82) is 0 Å². The maximum absolute atomic E-state index is 13.1. The van der Waals surface area contributed by atoms with Gasteiger partial charge < -0.3 is 9.80 Å². The number of piperazine rings is 1. The third kappa shape index (κ3) is 3.75. The average molecular weight is 406 g/mol. The Bertz CT molecular complexity index is 717. The van der Waals surface area contributed by atoms with E-state index in [1.54, 1.807) is 4.90 Å². The van der Waals surface area contributed by atoms with E-state index >= 15 is 0 Å². The van der Waals surface area contributed by atoms with Crippen molar-refractivity contribution in [2.45, 2.75) is 12.5 Å². The van der Waals surface area contributed by atoms with Crippen LogP contribution in [0.2, 0.25) is 0 Å². The fraction of sp³-hybridized carbons (Fsp3) is 0.533. The number of hydrogen-bond acceptors (Lipinski definition) is 3. The number of sulfone groups is 1. The van der Waals surface area contributed by atoms with Gasteiger partial charge >= 0.3 is 0 Å². The number of rotatable bonds is 2. The zero-order chi connectivity index (χ0) is 16.6. The molecule has 0 saturated carbocycles. The number of halogens is 2. The van der Waals surface area contributed by atoms with E-state index in [-0.39, 0.29) is 29.3 Å². The Kier molecular flexibility index (Phi) is 4.75. The van der Waals surface area contributed by atoms with E-state index in [2.05, 4.69) is 15.9 Å². The molecule has 23 heavy (non-hydrogen) atoms. The predicted octanol–water partition coefficient (Wildman–Crippen LogP) is 0.116. The number of amides is 1. The van der Waals surface area contributed by atoms with Crippen molar-refractivity contribution in [2.24, 2.45) is 0 Å². The van der Waals surface area contributed by atoms with E-state index in [1.807, 2.05) is 0 Å². The number of carbonyl (C=O) groups excluding carboxylic acids is 1. The highest BCUT2D eigenvalue weighted by molar-refractivity contribution is 9.10. The van der Waals surface area contributed by atoms with Crippen molar-refractivity contribution in [3.63, 3.8) is 0 Å². The molecule has 0 aliphatic carbocycles. The molecule has 2 aliphatic heterocycles. The predicted molar refractivity (Wildman–Crippen MR) is 87.8 cm³/mol. The van der Waals surface area contributed by atoms with Gasteiger partial charge in [0.05, 0.1) is 37.5 Å². The van der Waals surface area contributed by atoms with Crippen LogP contribution < -0.4 is 4.90 Å². The lowest BCUT2D eigenvalue weighted by atomic mass is 10.1. The molecule has 0 bridgehead atoms. The smallest absolute Gasteiger partial charge is 0.255 e. The Balaban J connectivity index is 1.61. The zero-order valence-electron chi connectivity index (χ0n) is 12.6. The van der Waals surface area contributed by atoms with Crippen LogP contribution in [0.25, 0.3) is 0 Å². The number of benzene rings is 1. The van der Waals surface area contributed by atoms with Gasteiger partial charge in [0.25, 0.3) is 5.91 Å². The molecule has 1 aromatic rings. The molecule has 3 rings (SSSR count). The molecule has 1 amide bonds. The Morgan fingerprint density at radius 1 is 1.30 bits per heavy atom. The molecule has 0 radical (unpaired) electrons. The van der Waals surface area contributed by atoms with Crippen molar-refractivity contribution >= 4 is 31.7 Å². The minimum atomic E-state index is -2.87. The molecule has 2 fully saturated rings. The van der Waals surface area contributed by atoms with Gasteiger partial charge in [0.15, 0.2) is 9.84 Å². The summed E-state index contributed by atoms with van der Waals surface area (Å²) in [6.45, 7) is 2.69. The molecule has 126 valence electrons. The van der Waals surface area contributed by atoms with Gasteiger partial charge in [-0.2, -0.15) is 0 Å². The molecule has 5 nitrogen and oxygen atoms in total. The maximum atomic E-state index is 13.1. The van der Waals surface area contributed by atoms with Crippen molar-refractivity contribution in [3.05, 3.63) is 34.1 Å². The van der Waals surface area contributed by atoms with E-state index in [9.17, 15) is 17.6 Å². The number of carbonyl (C=O) groups is 1. The second-order valence-corrected chi connectivity index (χ2v) is 9.26. The molecule has 0 spiro atoms. The SMILES string of the molecule is O=C(c1ccc(F)cc1Br)N1CC[NH+]([C@@H]2CCS(=O)(=O)C2)CC1. The molecule has 1 N–H and O–H groups in total. The lowest BCUT2D eigenvalue weighted by Gasteiger charge is -2.35. The first-order valence-corrected chi connectivity index (χ1v) is 10.3. The van der Waals surface area contributed by atoms with Gasteiger partial charge in [0.1, 0.15) is 17.6 Å². The van der Waals surface area contributed by atoms with Gasteiger partial charge in [-0.3, -0.25) is 4.79 Å². The Morgan fingerprint density at radius 2 is 2.00 bits per heavy atom. The molecule has 0 aromatic heterocycles. The topological polar surface area (TPSA) is 58.9 Å². The lowest BCUT2D eigenvalue weighted by molar-refractivity contribution is -0.925. The van der Waals surface area contributed by atoms with Gasteiger partial charge in [-0.05, 0) is 34.1 Å². The number of nitrogens with one attached hydrogen (secondary N) is 1. The van der Waals surface area contributed by atoms with Crippen LogP contribution in [0.4, 0.5) is 4.39 Å². The lowest BCUT2D eigenvalue weighted by Crippen LogP contribution is -3.18. The largest absolute Gasteiger partial charge is 0.329 e. The van der Waals surface area contributed by atoms with E-state index in [4.69, 9.17) is 0 Å². The van der Waals surface area contributed by atoms with Crippen LogP contribution in [-0.4, -0.2) is 63.0 Å². The summed E-state index contributed by atoms with van der Waals surface area (Å²) in [4.78, 5) is 15.6. The van der Waals surface area contributed by atoms with Crippen molar-refractivity contribution in [3.8, 4) is 0 Å². The van der Waals surface area contributed by atoms with E-state index in [1.165, 1.54) is 23.1 Å². The molecule has 8 heteroatoms. The normalized spacial score (nSPS) is 24.8. The molecule has 1 atom stereocenters. The van der Waals surface area contributed by atoms with Crippen LogP contribution in [0, 0.1) is 5.82 Å². The van der Waals surface area contributed by atoms with Gasteiger partial charge in [-0.25, -0.2) is 12.8 Å². The third-order valence-corrected chi connectivity index (χ3v) is 7.09. The van der Waals surface area contributed by atoms with Crippen molar-refractivity contribution in [1.82, 2.24) is 4.90 Å². The van der Waals surface area contributed by atoms with Crippen molar-refractivity contribution < 1.29 is 22.5 Å². The Labute approximate surface area is 143 Å². The number of hydrogen-bond donors (Lipinski definition) is 1. The van der Waals surface area contributed by atoms with Crippen LogP contribution in [0.1, 0.15) is 16.8 Å². The van der Waals surface area contributed by atoms with E-state index < -0.39 is 9.84 Å². The summed E-state index contributed by atoms with van der Waals surface area (Å²) in [5, 5.41) is 0. The first kappa shape index (κ1) is 16.9. The second kappa shape index (κ2) is 6.49. The van der Waals surface area contributed by atoms with E-state index in [0.717, 1.165) is 19.5 Å². The average Bonchev–Trinajstić information content (AvgIpc) is 2.87. The highest BCUT2D eigenvalue weighted by Crippen LogP contribution is 2.20. The minimum absolute atomic E-state index is 0.116. The summed E-state index contributed by atoms with van der Waals surface area (Å²) in [5.41, 5.74) is 0.457. The molecule has 0 unspecified atom stereocenters. The zero-order valence-corrected chi connectivity index (χ0v) is 15.0. The monoisotopic (exact) mass is 405 g/mol. The molecular weight excluding hydrogens is 387 g/mol. The first-order valence-electron chi connectivity index (χ1n) is 7.65. The van der Waals surface area contributed by atoms with Crippen LogP contribution in [-0.2, 0) is 9.84 Å². The van der Waals surface area contributed by atoms with Crippen LogP contribution in [0.3, 0.4) is 0 Å². The minimum Gasteiger partial charge on any atom is -0.329 e. The molecule has 2 heterocycles. The summed E-state index contributed by atoms with van der Waals surface area (Å²) < 4.78 is 36.8. The van der Waals surface area contributed by atoms with Gasteiger partial charge in [0, 0.05) is 10.9 Å². The van der Waals surface area contributed by atoms with Gasteiger partial charge in [-0.15, -0.1) is 0 Å². The quantitative estimate of drug-likeness (QED) is 0.759. The summed E-state index contributed by atoms with van der Waals surface area (Å²) in [5.74, 6) is 0.0478. The fourth-order valence-corrected chi connectivity index (χ4v) is 5.70. The molecule has 2 saturated heterocycles. The van der Waals surface area contributed by atoms with Crippen LogP contribution in [0.15, 0.2) is 22.7 Å². The molecule has 2 aliphatic rings. The van der Waals surface area contributed by atoms with E-state index in [0.29, 0.717) is 23.1 Å². The highest BCUT2D eigenvalue weighted by Gasteiger charge is 2.37. The molecular formula is C15H19BrFN2O3S+. The van der Waals surface area contributed by atoms with Crippen LogP contribution >= 0.6 is 15.9 Å². The second-order valence-electron chi connectivity index (χ2n) is 6.17. The van der Waals surface area contributed by atoms with Crippen LogP contribution in [0.5, 0.6) is 0 Å². The number of nitrogens with zero attached hydrogens (tertiary/aromatic N) is 1. The Morgan fingerprint density at radius 3 is 2.57 bits per heavy atom. The summed E-state index contributed by atoms with van der Waals surface area (Å²) in [6, 6.07) is 4.22. The van der Waals surface area contributed by atoms with Gasteiger partial charge in [-0.1, -0.05) is 0 Å². The number of quaternary nitrogens is 1. The summed E-state index contributed by atoms with van der Waals surface area (Å²) in [7, 11) is -2.87. The maximum Gasteiger partial charge on any atom is 0.255 e. The Hall–Kier alpha value is -0.990. The fourth-order valence-electron chi connectivity index (χ4n) is 3.36. The van der Waals surface area contributed by atoms with Crippen molar-refractivity contribution in [2.75, 3.05) is 37.7 Å². The highest BCUT2D eigenvalue weighted by atomic mass is 79.9. The molecule has 1 aromatic carbocycles. The third-order valence-electron chi connectivity index (χ3n) is 4.66. The summed E-state index contributed by atoms with van der Waals surface area (Å²) >= 11 is 3.23. The first-order chi connectivity index (χ1) is 10.9. The summed E-state index contributed by atoms with van der Waals surface area (Å²) in [6.07, 6.45) is 0.717.